The van der Waals surface area contributed by atoms with Crippen LogP contribution in [0.25, 0.3) is 0 Å². The zero-order chi connectivity index (χ0) is 4.12. The molecule has 0 atom stereocenters. The molecular formula is C3H6NaO2+. The minimum Gasteiger partial charge on any atom is -0.851 e. The molecule has 0 aliphatic carbocycles. The zero-order valence-electron chi connectivity index (χ0n) is 3.77. The first-order valence-corrected chi connectivity index (χ1v) is 1.32. The Labute approximate surface area is 58.8 Å². The molecule has 3 heteroatoms. The molecule has 0 saturated carbocycles. The zero-order valence-corrected chi connectivity index (χ0v) is 5.77. The summed E-state index contributed by atoms with van der Waals surface area (Å²) in [5.74, 6) is 0. The second-order valence-corrected chi connectivity index (χ2v) is 0.569. The number of hydrogen-bond acceptors (Lipinski definition) is 1. The molecule has 0 amide bonds. The van der Waals surface area contributed by atoms with Crippen LogP contribution in [0.4, 0.5) is 0 Å². The second-order valence-electron chi connectivity index (χ2n) is 0.569. The maximum absolute atomic E-state index is 9.32. The first-order chi connectivity index (χ1) is 2.41. The van der Waals surface area contributed by atoms with Gasteiger partial charge in [0.1, 0.15) is 0 Å². The standard InChI is InChI=1S/C3H5O2.Na/c4-2-1-3-5;/h1-2,4H,3H2;/q-1;+1/p+1/b2-1-;. The molecule has 0 rings (SSSR count). The maximum atomic E-state index is 9.32. The molecule has 0 aromatic carbocycles. The molecular weight excluding hydrogens is 91.0 g/mol. The Morgan fingerprint density at radius 3 is 2.17 bits per heavy atom. The van der Waals surface area contributed by atoms with Gasteiger partial charge in [-0.15, -0.1) is 6.61 Å². The molecule has 2 N–H and O–H groups in total. The van der Waals surface area contributed by atoms with Gasteiger partial charge in [0.2, 0.25) is 6.26 Å². The fourth-order valence-electron chi connectivity index (χ4n) is 0.0481. The van der Waals surface area contributed by atoms with Crippen molar-refractivity contribution in [2.75, 3.05) is 6.61 Å². The molecule has 0 radical (unpaired) electrons. The van der Waals surface area contributed by atoms with Crippen molar-refractivity contribution in [3.05, 3.63) is 12.3 Å². The van der Waals surface area contributed by atoms with E-state index in [1.165, 1.54) is 6.08 Å². The minimum atomic E-state index is -0.274. The fraction of sp³-hybridized carbons (Fsp3) is 0.333. The maximum Gasteiger partial charge on any atom is 1.00 e. The SMILES string of the molecule is [Na+].[O-]C/C=C\[OH2+]. The van der Waals surface area contributed by atoms with Crippen LogP contribution in [0.3, 0.4) is 0 Å². The molecule has 0 unspecified atom stereocenters. The third kappa shape index (κ3) is 8.82. The Morgan fingerprint density at radius 2 is 2.17 bits per heavy atom. The quantitative estimate of drug-likeness (QED) is 0.185. The van der Waals surface area contributed by atoms with Crippen LogP contribution in [0, 0.1) is 0 Å². The van der Waals surface area contributed by atoms with Gasteiger partial charge >= 0.3 is 29.6 Å². The van der Waals surface area contributed by atoms with Gasteiger partial charge in [-0.1, -0.05) is 0 Å². The van der Waals surface area contributed by atoms with Gasteiger partial charge in [-0.25, -0.2) is 0 Å². The number of rotatable bonds is 1. The molecule has 0 spiro atoms. The predicted octanol–water partition coefficient (Wildman–Crippen LogP) is -4.41. The van der Waals surface area contributed by atoms with Crippen LogP contribution in [0.5, 0.6) is 0 Å². The van der Waals surface area contributed by atoms with E-state index in [1.54, 1.807) is 0 Å². The molecule has 6 heavy (non-hydrogen) atoms. The van der Waals surface area contributed by atoms with Crippen LogP contribution in [-0.2, 0) is 0 Å². The second kappa shape index (κ2) is 9.09. The molecule has 0 heterocycles. The van der Waals surface area contributed by atoms with E-state index in [-0.39, 0.29) is 36.2 Å². The molecule has 30 valence electrons. The van der Waals surface area contributed by atoms with Gasteiger partial charge < -0.3 is 10.2 Å². The van der Waals surface area contributed by atoms with Crippen molar-refractivity contribution in [1.82, 2.24) is 0 Å². The van der Waals surface area contributed by atoms with Gasteiger partial charge in [-0.2, -0.15) is 0 Å². The van der Waals surface area contributed by atoms with E-state index < -0.39 is 0 Å². The van der Waals surface area contributed by atoms with Crippen LogP contribution < -0.4 is 34.7 Å². The third-order valence-corrected chi connectivity index (χ3v) is 0.214. The molecule has 0 saturated heterocycles. The van der Waals surface area contributed by atoms with E-state index in [2.05, 4.69) is 0 Å². The minimum absolute atomic E-state index is 0. The van der Waals surface area contributed by atoms with E-state index in [9.17, 15) is 5.11 Å². The van der Waals surface area contributed by atoms with Crippen molar-refractivity contribution < 1.29 is 39.8 Å². The Morgan fingerprint density at radius 1 is 1.67 bits per heavy atom. The summed E-state index contributed by atoms with van der Waals surface area (Å²) in [5, 5.41) is 15.5. The summed E-state index contributed by atoms with van der Waals surface area (Å²) < 4.78 is 0. The molecule has 0 aromatic heterocycles. The van der Waals surface area contributed by atoms with Crippen LogP contribution in [0.15, 0.2) is 12.3 Å². The molecule has 0 aromatic rings. The van der Waals surface area contributed by atoms with Crippen molar-refractivity contribution in [2.45, 2.75) is 0 Å². The Bertz CT molecular complexity index is 35.8. The van der Waals surface area contributed by atoms with Crippen LogP contribution >= 0.6 is 0 Å². The average molecular weight is 97.1 g/mol. The van der Waals surface area contributed by atoms with E-state index >= 15 is 0 Å². The van der Waals surface area contributed by atoms with E-state index in [1.807, 2.05) is 0 Å². The van der Waals surface area contributed by atoms with Crippen molar-refractivity contribution >= 4 is 0 Å². The van der Waals surface area contributed by atoms with Gasteiger partial charge in [-0.05, 0) is 6.08 Å². The largest absolute Gasteiger partial charge is 1.00 e. The van der Waals surface area contributed by atoms with Gasteiger partial charge in [0.05, 0.1) is 0 Å². The van der Waals surface area contributed by atoms with E-state index in [4.69, 9.17) is 5.11 Å². The molecule has 0 fully saturated rings. The summed E-state index contributed by atoms with van der Waals surface area (Å²) in [7, 11) is 0. The predicted molar refractivity (Wildman–Crippen MR) is 17.6 cm³/mol. The summed E-state index contributed by atoms with van der Waals surface area (Å²) in [6, 6.07) is 0. The summed E-state index contributed by atoms with van der Waals surface area (Å²) in [6.45, 7) is -0.274. The Hall–Kier alpha value is 0.500. The Balaban J connectivity index is 0. The van der Waals surface area contributed by atoms with Gasteiger partial charge in [0.25, 0.3) is 0 Å². The summed E-state index contributed by atoms with van der Waals surface area (Å²) >= 11 is 0. The first kappa shape index (κ1) is 9.71. The van der Waals surface area contributed by atoms with Gasteiger partial charge in [0.15, 0.2) is 0 Å². The summed E-state index contributed by atoms with van der Waals surface area (Å²) in [5.41, 5.74) is 0. The van der Waals surface area contributed by atoms with Crippen molar-refractivity contribution in [2.24, 2.45) is 0 Å². The fourth-order valence-corrected chi connectivity index (χ4v) is 0.0481. The van der Waals surface area contributed by atoms with Crippen molar-refractivity contribution in [1.29, 1.82) is 0 Å². The monoisotopic (exact) mass is 97.0 g/mol. The normalized spacial score (nSPS) is 8.17. The Kier molecular flexibility index (Phi) is 14.7. The van der Waals surface area contributed by atoms with Crippen LogP contribution in [-0.4, -0.2) is 11.7 Å². The third-order valence-electron chi connectivity index (χ3n) is 0.214. The van der Waals surface area contributed by atoms with Gasteiger partial charge in [0, 0.05) is 0 Å². The smallest absolute Gasteiger partial charge is 0.851 e. The van der Waals surface area contributed by atoms with Gasteiger partial charge in [-0.3, -0.25) is 0 Å². The van der Waals surface area contributed by atoms with Crippen molar-refractivity contribution in [3.63, 3.8) is 0 Å². The summed E-state index contributed by atoms with van der Waals surface area (Å²) in [4.78, 5) is 0. The summed E-state index contributed by atoms with van der Waals surface area (Å²) in [6.07, 6.45) is 2.23. The first-order valence-electron chi connectivity index (χ1n) is 1.32. The topological polar surface area (TPSA) is 46.0 Å². The molecule has 0 aliphatic heterocycles. The molecule has 0 bridgehead atoms. The molecule has 2 nitrogen and oxygen atoms in total. The molecule has 0 aliphatic rings. The van der Waals surface area contributed by atoms with E-state index in [0.29, 0.717) is 0 Å². The van der Waals surface area contributed by atoms with E-state index in [0.717, 1.165) is 6.26 Å². The number of hydrogen-bond donors (Lipinski definition) is 0. The van der Waals surface area contributed by atoms with Crippen molar-refractivity contribution in [3.8, 4) is 0 Å². The van der Waals surface area contributed by atoms with Crippen LogP contribution in [0.2, 0.25) is 0 Å². The average Bonchev–Trinajstić information content (AvgIpc) is 1.41. The van der Waals surface area contributed by atoms with Crippen LogP contribution in [0.1, 0.15) is 0 Å².